The maximum Gasteiger partial charge on any atom is 0.286 e. The van der Waals surface area contributed by atoms with E-state index in [1.807, 2.05) is 13.0 Å². The van der Waals surface area contributed by atoms with Gasteiger partial charge in [-0.25, -0.2) is 8.42 Å². The summed E-state index contributed by atoms with van der Waals surface area (Å²) in [7, 11) is -3.70. The van der Waals surface area contributed by atoms with E-state index in [0.717, 1.165) is 16.9 Å². The second-order valence-corrected chi connectivity index (χ2v) is 10.9. The molecule has 2 aliphatic rings. The topological polar surface area (TPSA) is 111 Å². The molecule has 1 amide bonds. The SMILES string of the molecule is Cc1ccc(S(=O)(=O)N2CCC[C@@H]2c2nnc(C(=O)Nc3ccc4c(c3)OCO4)s2)c(C)c1. The fraction of sp³-hybridized carbons (Fsp3) is 0.318. The smallest absolute Gasteiger partial charge is 0.286 e. The van der Waals surface area contributed by atoms with Gasteiger partial charge in [0.15, 0.2) is 11.5 Å². The summed E-state index contributed by atoms with van der Waals surface area (Å²) in [6, 6.07) is 9.98. The fourth-order valence-corrected chi connectivity index (χ4v) is 6.93. The second kappa shape index (κ2) is 8.40. The first-order chi connectivity index (χ1) is 15.8. The van der Waals surface area contributed by atoms with Crippen molar-refractivity contribution in [2.24, 2.45) is 0 Å². The molecule has 1 fully saturated rings. The quantitative estimate of drug-likeness (QED) is 0.586. The third kappa shape index (κ3) is 4.07. The highest BCUT2D eigenvalue weighted by atomic mass is 32.2. The molecule has 1 atom stereocenters. The lowest BCUT2D eigenvalue weighted by Gasteiger charge is -2.23. The zero-order chi connectivity index (χ0) is 23.2. The first-order valence-electron chi connectivity index (χ1n) is 10.5. The van der Waals surface area contributed by atoms with E-state index in [4.69, 9.17) is 9.47 Å². The molecular formula is C22H22N4O5S2. The number of benzene rings is 2. The Hall–Kier alpha value is -3.02. The zero-order valence-electron chi connectivity index (χ0n) is 18.1. The number of sulfonamides is 1. The van der Waals surface area contributed by atoms with Crippen LogP contribution in [-0.4, -0.2) is 42.2 Å². The predicted octanol–water partition coefficient (Wildman–Crippen LogP) is 3.66. The predicted molar refractivity (Wildman–Crippen MR) is 122 cm³/mol. The van der Waals surface area contributed by atoms with Gasteiger partial charge in [0.05, 0.1) is 10.9 Å². The Morgan fingerprint density at radius 1 is 1.12 bits per heavy atom. The van der Waals surface area contributed by atoms with Crippen LogP contribution in [0.1, 0.15) is 44.8 Å². The molecule has 1 N–H and O–H groups in total. The summed E-state index contributed by atoms with van der Waals surface area (Å²) in [4.78, 5) is 13.0. The molecule has 2 aliphatic heterocycles. The number of rotatable bonds is 5. The van der Waals surface area contributed by atoms with E-state index in [1.54, 1.807) is 37.3 Å². The van der Waals surface area contributed by atoms with Gasteiger partial charge in [-0.05, 0) is 50.5 Å². The van der Waals surface area contributed by atoms with Gasteiger partial charge in [0.2, 0.25) is 21.8 Å². The van der Waals surface area contributed by atoms with Crippen LogP contribution in [-0.2, 0) is 10.0 Å². The van der Waals surface area contributed by atoms with Crippen molar-refractivity contribution < 1.29 is 22.7 Å². The fourth-order valence-electron chi connectivity index (χ4n) is 4.11. The number of aromatic nitrogens is 2. The number of nitrogens with one attached hydrogen (secondary N) is 1. The number of amides is 1. The van der Waals surface area contributed by atoms with Crippen LogP contribution < -0.4 is 14.8 Å². The Morgan fingerprint density at radius 3 is 2.76 bits per heavy atom. The summed E-state index contributed by atoms with van der Waals surface area (Å²) in [6.07, 6.45) is 1.34. The van der Waals surface area contributed by atoms with Crippen molar-refractivity contribution >= 4 is 33.0 Å². The largest absolute Gasteiger partial charge is 0.454 e. The van der Waals surface area contributed by atoms with Gasteiger partial charge in [-0.3, -0.25) is 4.79 Å². The molecule has 2 aromatic carbocycles. The van der Waals surface area contributed by atoms with E-state index >= 15 is 0 Å². The lowest BCUT2D eigenvalue weighted by molar-refractivity contribution is 0.102. The van der Waals surface area contributed by atoms with Gasteiger partial charge >= 0.3 is 0 Å². The highest BCUT2D eigenvalue weighted by Crippen LogP contribution is 2.39. The highest BCUT2D eigenvalue weighted by molar-refractivity contribution is 7.89. The maximum atomic E-state index is 13.4. The van der Waals surface area contributed by atoms with Crippen LogP contribution in [0.5, 0.6) is 11.5 Å². The molecule has 3 aromatic rings. The molecule has 9 nitrogen and oxygen atoms in total. The molecule has 11 heteroatoms. The minimum Gasteiger partial charge on any atom is -0.454 e. The second-order valence-electron chi connectivity index (χ2n) is 8.01. The molecule has 1 saturated heterocycles. The van der Waals surface area contributed by atoms with Gasteiger partial charge in [0.25, 0.3) is 5.91 Å². The van der Waals surface area contributed by atoms with Gasteiger partial charge in [-0.2, -0.15) is 4.31 Å². The van der Waals surface area contributed by atoms with Crippen LogP contribution in [0.3, 0.4) is 0 Å². The van der Waals surface area contributed by atoms with E-state index in [-0.39, 0.29) is 11.8 Å². The van der Waals surface area contributed by atoms with Crippen molar-refractivity contribution in [1.29, 1.82) is 0 Å². The van der Waals surface area contributed by atoms with E-state index in [1.165, 1.54) is 4.31 Å². The van der Waals surface area contributed by atoms with Crippen molar-refractivity contribution in [2.45, 2.75) is 37.6 Å². The Bertz CT molecular complexity index is 1340. The van der Waals surface area contributed by atoms with Gasteiger partial charge in [-0.15, -0.1) is 10.2 Å². The lowest BCUT2D eigenvalue weighted by Crippen LogP contribution is -2.31. The number of ether oxygens (including phenoxy) is 2. The average Bonchev–Trinajstić information content (AvgIpc) is 3.52. The van der Waals surface area contributed by atoms with Crippen LogP contribution >= 0.6 is 11.3 Å². The van der Waals surface area contributed by atoms with E-state index in [2.05, 4.69) is 15.5 Å². The normalized spacial score (nSPS) is 17.9. The summed E-state index contributed by atoms with van der Waals surface area (Å²) in [6.45, 7) is 4.28. The number of fused-ring (bicyclic) bond motifs is 1. The van der Waals surface area contributed by atoms with E-state index in [9.17, 15) is 13.2 Å². The first-order valence-corrected chi connectivity index (χ1v) is 12.7. The Morgan fingerprint density at radius 2 is 1.94 bits per heavy atom. The van der Waals surface area contributed by atoms with Gasteiger partial charge in [-0.1, -0.05) is 29.0 Å². The maximum absolute atomic E-state index is 13.4. The summed E-state index contributed by atoms with van der Waals surface area (Å²) in [5, 5.41) is 11.6. The molecule has 0 radical (unpaired) electrons. The number of carbonyl (C=O) groups is 1. The van der Waals surface area contributed by atoms with Gasteiger partial charge in [0.1, 0.15) is 5.01 Å². The monoisotopic (exact) mass is 486 g/mol. The third-order valence-corrected chi connectivity index (χ3v) is 8.76. The average molecular weight is 487 g/mol. The number of hydrogen-bond donors (Lipinski definition) is 1. The molecule has 3 heterocycles. The molecule has 172 valence electrons. The van der Waals surface area contributed by atoms with E-state index < -0.39 is 22.0 Å². The Labute approximate surface area is 195 Å². The van der Waals surface area contributed by atoms with Crippen LogP contribution in [0.15, 0.2) is 41.3 Å². The standard InChI is InChI=1S/C22H22N4O5S2/c1-13-5-8-19(14(2)10-13)33(28,29)26-9-3-4-16(26)21-24-25-22(32-21)20(27)23-15-6-7-17-18(11-15)31-12-30-17/h5-8,10-11,16H,3-4,9,12H2,1-2H3,(H,23,27)/t16-/m1/s1. The summed E-state index contributed by atoms with van der Waals surface area (Å²) >= 11 is 1.11. The molecule has 0 aliphatic carbocycles. The van der Waals surface area contributed by atoms with Crippen molar-refractivity contribution in [3.63, 3.8) is 0 Å². The minimum absolute atomic E-state index is 0.148. The highest BCUT2D eigenvalue weighted by Gasteiger charge is 2.39. The van der Waals surface area contributed by atoms with Crippen LogP contribution in [0, 0.1) is 13.8 Å². The zero-order valence-corrected chi connectivity index (χ0v) is 19.7. The van der Waals surface area contributed by atoms with Crippen LogP contribution in [0.4, 0.5) is 5.69 Å². The van der Waals surface area contributed by atoms with Crippen LogP contribution in [0.25, 0.3) is 0 Å². The number of aryl methyl sites for hydroxylation is 2. The third-order valence-electron chi connectivity index (χ3n) is 5.67. The molecule has 0 saturated carbocycles. The summed E-state index contributed by atoms with van der Waals surface area (Å²) in [5.74, 6) is 0.765. The van der Waals surface area contributed by atoms with Crippen molar-refractivity contribution in [2.75, 3.05) is 18.7 Å². The van der Waals surface area contributed by atoms with E-state index in [0.29, 0.717) is 52.0 Å². The molecular weight excluding hydrogens is 464 g/mol. The summed E-state index contributed by atoms with van der Waals surface area (Å²) in [5.41, 5.74) is 2.26. The minimum atomic E-state index is -3.70. The Kier molecular flexibility index (Phi) is 5.55. The lowest BCUT2D eigenvalue weighted by atomic mass is 10.2. The molecule has 5 rings (SSSR count). The van der Waals surface area contributed by atoms with Crippen molar-refractivity contribution in [1.82, 2.24) is 14.5 Å². The molecule has 0 spiro atoms. The number of anilines is 1. The van der Waals surface area contributed by atoms with Gasteiger partial charge in [0, 0.05) is 18.3 Å². The van der Waals surface area contributed by atoms with Crippen molar-refractivity contribution in [3.8, 4) is 11.5 Å². The summed E-state index contributed by atoms with van der Waals surface area (Å²) < 4.78 is 38.9. The number of carbonyl (C=O) groups excluding carboxylic acids is 1. The molecule has 0 unspecified atom stereocenters. The molecule has 1 aromatic heterocycles. The Balaban J connectivity index is 1.36. The van der Waals surface area contributed by atoms with Crippen molar-refractivity contribution in [3.05, 3.63) is 57.5 Å². The first kappa shape index (κ1) is 21.8. The van der Waals surface area contributed by atoms with Crippen LogP contribution in [0.2, 0.25) is 0 Å². The molecule has 33 heavy (non-hydrogen) atoms. The van der Waals surface area contributed by atoms with Gasteiger partial charge < -0.3 is 14.8 Å². The number of hydrogen-bond acceptors (Lipinski definition) is 8. The number of nitrogens with zero attached hydrogens (tertiary/aromatic N) is 3. The molecule has 0 bridgehead atoms.